The quantitative estimate of drug-likeness (QED) is 0.440. The fraction of sp³-hybridized carbons (Fsp3) is 0.304. The summed E-state index contributed by atoms with van der Waals surface area (Å²) in [4.78, 5) is 23.4. The van der Waals surface area contributed by atoms with Gasteiger partial charge in [0.05, 0.1) is 20.0 Å². The first-order chi connectivity index (χ1) is 15.9. The SMILES string of the molecule is COc1ccc(CCNC(=O)CSc2nnc(-c3ccc(NC(C)=O)cc3)n2C)cc1OC. The average Bonchev–Trinajstić information content (AvgIpc) is 3.18. The fourth-order valence-corrected chi connectivity index (χ4v) is 3.90. The lowest BCUT2D eigenvalue weighted by molar-refractivity contribution is -0.118. The van der Waals surface area contributed by atoms with E-state index < -0.39 is 0 Å². The van der Waals surface area contributed by atoms with Crippen LogP contribution in [0.5, 0.6) is 11.5 Å². The molecule has 174 valence electrons. The van der Waals surface area contributed by atoms with E-state index in [9.17, 15) is 9.59 Å². The van der Waals surface area contributed by atoms with Crippen molar-refractivity contribution >= 4 is 29.3 Å². The molecule has 9 nitrogen and oxygen atoms in total. The fourth-order valence-electron chi connectivity index (χ4n) is 3.16. The van der Waals surface area contributed by atoms with Gasteiger partial charge in [-0.05, 0) is 48.4 Å². The van der Waals surface area contributed by atoms with E-state index in [1.54, 1.807) is 14.2 Å². The van der Waals surface area contributed by atoms with Crippen molar-refractivity contribution < 1.29 is 19.1 Å². The van der Waals surface area contributed by atoms with E-state index in [1.807, 2.05) is 54.1 Å². The number of ether oxygens (including phenoxy) is 2. The molecule has 1 aromatic heterocycles. The zero-order valence-electron chi connectivity index (χ0n) is 19.0. The van der Waals surface area contributed by atoms with Gasteiger partial charge in [-0.15, -0.1) is 10.2 Å². The van der Waals surface area contributed by atoms with Crippen molar-refractivity contribution in [3.63, 3.8) is 0 Å². The Morgan fingerprint density at radius 2 is 1.76 bits per heavy atom. The lowest BCUT2D eigenvalue weighted by Gasteiger charge is -2.10. The van der Waals surface area contributed by atoms with Crippen molar-refractivity contribution in [1.82, 2.24) is 20.1 Å². The van der Waals surface area contributed by atoms with Crippen LogP contribution in [-0.2, 0) is 23.1 Å². The number of hydrogen-bond donors (Lipinski definition) is 2. The highest BCUT2D eigenvalue weighted by Gasteiger charge is 2.13. The number of carbonyl (C=O) groups excluding carboxylic acids is 2. The standard InChI is InChI=1S/C23H27N5O4S/c1-15(29)25-18-8-6-17(7-9-18)22-26-27-23(28(22)2)33-14-21(30)24-12-11-16-5-10-19(31-3)20(13-16)32-4/h5-10,13H,11-12,14H2,1-4H3,(H,24,30)(H,25,29). The Hall–Kier alpha value is -3.53. The number of thioether (sulfide) groups is 1. The Balaban J connectivity index is 1.50. The monoisotopic (exact) mass is 469 g/mol. The molecular formula is C23H27N5O4S. The molecule has 0 saturated carbocycles. The zero-order valence-corrected chi connectivity index (χ0v) is 19.9. The minimum Gasteiger partial charge on any atom is -0.493 e. The second kappa shape index (κ2) is 11.4. The maximum atomic E-state index is 12.3. The van der Waals surface area contributed by atoms with Crippen molar-refractivity contribution in [3.05, 3.63) is 48.0 Å². The van der Waals surface area contributed by atoms with Crippen LogP contribution in [-0.4, -0.2) is 53.1 Å². The summed E-state index contributed by atoms with van der Waals surface area (Å²) in [6.07, 6.45) is 0.680. The van der Waals surface area contributed by atoms with Crippen LogP contribution in [0.2, 0.25) is 0 Å². The van der Waals surface area contributed by atoms with Crippen molar-refractivity contribution in [2.24, 2.45) is 7.05 Å². The summed E-state index contributed by atoms with van der Waals surface area (Å²) in [6.45, 7) is 1.98. The Labute approximate surface area is 196 Å². The normalized spacial score (nSPS) is 10.5. The molecule has 2 amide bonds. The summed E-state index contributed by atoms with van der Waals surface area (Å²) in [5.41, 5.74) is 2.63. The van der Waals surface area contributed by atoms with Gasteiger partial charge in [0, 0.05) is 31.8 Å². The molecule has 3 aromatic rings. The van der Waals surface area contributed by atoms with E-state index in [-0.39, 0.29) is 17.6 Å². The molecule has 33 heavy (non-hydrogen) atoms. The lowest BCUT2D eigenvalue weighted by Crippen LogP contribution is -2.27. The van der Waals surface area contributed by atoms with Crippen LogP contribution < -0.4 is 20.1 Å². The number of anilines is 1. The summed E-state index contributed by atoms with van der Waals surface area (Å²) in [7, 11) is 5.05. The Kier molecular flexibility index (Phi) is 8.31. The van der Waals surface area contributed by atoms with Crippen LogP contribution in [0.1, 0.15) is 12.5 Å². The van der Waals surface area contributed by atoms with E-state index in [0.717, 1.165) is 11.1 Å². The first-order valence-corrected chi connectivity index (χ1v) is 11.3. The van der Waals surface area contributed by atoms with Gasteiger partial charge in [-0.1, -0.05) is 17.8 Å². The first kappa shape index (κ1) is 24.1. The molecule has 1 heterocycles. The molecule has 0 atom stereocenters. The van der Waals surface area contributed by atoms with Crippen molar-refractivity contribution in [1.29, 1.82) is 0 Å². The number of amides is 2. The van der Waals surface area contributed by atoms with Crippen LogP contribution in [0.15, 0.2) is 47.6 Å². The topological polar surface area (TPSA) is 107 Å². The maximum absolute atomic E-state index is 12.3. The van der Waals surface area contributed by atoms with E-state index in [2.05, 4.69) is 20.8 Å². The number of nitrogens with zero attached hydrogens (tertiary/aromatic N) is 3. The van der Waals surface area contributed by atoms with Gasteiger partial charge in [0.15, 0.2) is 22.5 Å². The summed E-state index contributed by atoms with van der Waals surface area (Å²) in [6, 6.07) is 13.1. The molecule has 0 bridgehead atoms. The lowest BCUT2D eigenvalue weighted by atomic mass is 10.1. The predicted octanol–water partition coefficient (Wildman–Crippen LogP) is 2.91. The second-order valence-corrected chi connectivity index (χ2v) is 8.14. The molecule has 2 aromatic carbocycles. The third-order valence-corrected chi connectivity index (χ3v) is 5.83. The number of benzene rings is 2. The van der Waals surface area contributed by atoms with Crippen molar-refractivity contribution in [3.8, 4) is 22.9 Å². The number of aromatic nitrogens is 3. The number of hydrogen-bond acceptors (Lipinski definition) is 7. The Morgan fingerprint density at radius 1 is 1.03 bits per heavy atom. The number of rotatable bonds is 10. The van der Waals surface area contributed by atoms with Gasteiger partial charge in [-0.25, -0.2) is 0 Å². The highest BCUT2D eigenvalue weighted by Crippen LogP contribution is 2.27. The molecular weight excluding hydrogens is 442 g/mol. The summed E-state index contributed by atoms with van der Waals surface area (Å²) < 4.78 is 12.4. The number of methoxy groups -OCH3 is 2. The summed E-state index contributed by atoms with van der Waals surface area (Å²) in [5, 5.41) is 14.7. The third-order valence-electron chi connectivity index (χ3n) is 4.81. The molecule has 2 N–H and O–H groups in total. The van der Waals surface area contributed by atoms with Gasteiger partial charge >= 0.3 is 0 Å². The molecule has 0 spiro atoms. The summed E-state index contributed by atoms with van der Waals surface area (Å²) >= 11 is 1.32. The molecule has 0 aliphatic carbocycles. The highest BCUT2D eigenvalue weighted by molar-refractivity contribution is 7.99. The molecule has 0 radical (unpaired) electrons. The smallest absolute Gasteiger partial charge is 0.230 e. The van der Waals surface area contributed by atoms with Gasteiger partial charge in [0.25, 0.3) is 0 Å². The zero-order chi connectivity index (χ0) is 23.8. The van der Waals surface area contributed by atoms with Gasteiger partial charge in [0.2, 0.25) is 11.8 Å². The van der Waals surface area contributed by atoms with Crippen LogP contribution in [0.3, 0.4) is 0 Å². The number of carbonyl (C=O) groups is 2. The predicted molar refractivity (Wildman–Crippen MR) is 128 cm³/mol. The molecule has 10 heteroatoms. The van der Waals surface area contributed by atoms with E-state index >= 15 is 0 Å². The molecule has 0 fully saturated rings. The van der Waals surface area contributed by atoms with Crippen LogP contribution in [0.4, 0.5) is 5.69 Å². The first-order valence-electron chi connectivity index (χ1n) is 10.3. The van der Waals surface area contributed by atoms with Gasteiger partial charge < -0.3 is 24.7 Å². The van der Waals surface area contributed by atoms with Crippen LogP contribution >= 0.6 is 11.8 Å². The minimum absolute atomic E-state index is 0.0790. The minimum atomic E-state index is -0.123. The second-order valence-electron chi connectivity index (χ2n) is 7.20. The summed E-state index contributed by atoms with van der Waals surface area (Å²) in [5.74, 6) is 2.06. The maximum Gasteiger partial charge on any atom is 0.230 e. The van der Waals surface area contributed by atoms with E-state index in [1.165, 1.54) is 18.7 Å². The van der Waals surface area contributed by atoms with E-state index in [0.29, 0.717) is 41.1 Å². The van der Waals surface area contributed by atoms with E-state index in [4.69, 9.17) is 9.47 Å². The molecule has 0 saturated heterocycles. The molecule has 0 unspecified atom stereocenters. The third kappa shape index (κ3) is 6.48. The van der Waals surface area contributed by atoms with Crippen LogP contribution in [0.25, 0.3) is 11.4 Å². The Bertz CT molecular complexity index is 1110. The Morgan fingerprint density at radius 3 is 2.42 bits per heavy atom. The number of nitrogens with one attached hydrogen (secondary N) is 2. The average molecular weight is 470 g/mol. The van der Waals surface area contributed by atoms with Crippen LogP contribution in [0, 0.1) is 0 Å². The van der Waals surface area contributed by atoms with Crippen molar-refractivity contribution in [2.75, 3.05) is 31.8 Å². The largest absolute Gasteiger partial charge is 0.493 e. The van der Waals surface area contributed by atoms with Gasteiger partial charge in [0.1, 0.15) is 0 Å². The molecule has 0 aliphatic heterocycles. The van der Waals surface area contributed by atoms with Crippen molar-refractivity contribution in [2.45, 2.75) is 18.5 Å². The van der Waals surface area contributed by atoms with Gasteiger partial charge in [-0.3, -0.25) is 9.59 Å². The molecule has 3 rings (SSSR count). The molecule has 0 aliphatic rings. The highest BCUT2D eigenvalue weighted by atomic mass is 32.2. The van der Waals surface area contributed by atoms with Gasteiger partial charge in [-0.2, -0.15) is 0 Å².